The van der Waals surface area contributed by atoms with Gasteiger partial charge in [0.1, 0.15) is 0 Å². The largest absolute Gasteiger partial charge is 0.355 e. The van der Waals surface area contributed by atoms with Crippen molar-refractivity contribution < 1.29 is 14.3 Å². The van der Waals surface area contributed by atoms with Crippen LogP contribution in [0.15, 0.2) is 0 Å². The van der Waals surface area contributed by atoms with Crippen LogP contribution in [0.2, 0.25) is 0 Å². The van der Waals surface area contributed by atoms with Gasteiger partial charge in [0.15, 0.2) is 5.79 Å². The second kappa shape index (κ2) is 6.68. The van der Waals surface area contributed by atoms with Gasteiger partial charge in [0.2, 0.25) is 5.91 Å². The van der Waals surface area contributed by atoms with Gasteiger partial charge in [0, 0.05) is 32.5 Å². The summed E-state index contributed by atoms with van der Waals surface area (Å²) in [7, 11) is 0. The van der Waals surface area contributed by atoms with Gasteiger partial charge in [0.05, 0.1) is 19.8 Å². The molecule has 1 amide bonds. The highest BCUT2D eigenvalue weighted by Crippen LogP contribution is 2.30. The van der Waals surface area contributed by atoms with Crippen LogP contribution in [0.25, 0.3) is 0 Å². The highest BCUT2D eigenvalue weighted by molar-refractivity contribution is 5.77. The fraction of sp³-hybridized carbons (Fsp3) is 0.929. The predicted octanol–water partition coefficient (Wildman–Crippen LogP) is 0.988. The monoisotopic (exact) mass is 270 g/mol. The van der Waals surface area contributed by atoms with Crippen LogP contribution in [-0.2, 0) is 14.3 Å². The van der Waals surface area contributed by atoms with Gasteiger partial charge in [-0.15, -0.1) is 0 Å². The van der Waals surface area contributed by atoms with Gasteiger partial charge < -0.3 is 14.8 Å². The molecule has 2 fully saturated rings. The number of rotatable bonds is 5. The third-order valence-electron chi connectivity index (χ3n) is 3.84. The van der Waals surface area contributed by atoms with Crippen molar-refractivity contribution in [3.05, 3.63) is 0 Å². The standard InChI is InChI=1S/C14H26N2O3/c1-12(2)3-6-15-13(17)11-16-7-4-14(5-8-16)18-9-10-19-14/h12H,3-11H2,1-2H3,(H,15,17). The number of piperidine rings is 1. The molecule has 0 aromatic heterocycles. The molecule has 0 aromatic rings. The number of nitrogens with one attached hydrogen (secondary N) is 1. The molecular weight excluding hydrogens is 244 g/mol. The Kier molecular flexibility index (Phi) is 5.19. The summed E-state index contributed by atoms with van der Waals surface area (Å²) in [6.07, 6.45) is 2.77. The third-order valence-corrected chi connectivity index (χ3v) is 3.84. The third kappa shape index (κ3) is 4.44. The van der Waals surface area contributed by atoms with Gasteiger partial charge >= 0.3 is 0 Å². The maximum atomic E-state index is 11.8. The van der Waals surface area contributed by atoms with Crippen molar-refractivity contribution in [2.45, 2.75) is 38.9 Å². The fourth-order valence-corrected chi connectivity index (χ4v) is 2.60. The van der Waals surface area contributed by atoms with Gasteiger partial charge in [-0.3, -0.25) is 9.69 Å². The molecule has 5 heteroatoms. The Morgan fingerprint density at radius 3 is 2.47 bits per heavy atom. The number of likely N-dealkylation sites (tertiary alicyclic amines) is 1. The second-order valence-electron chi connectivity index (χ2n) is 5.92. The molecule has 0 aromatic carbocycles. The summed E-state index contributed by atoms with van der Waals surface area (Å²) in [5.74, 6) is 0.418. The molecule has 2 saturated heterocycles. The molecule has 0 radical (unpaired) electrons. The van der Waals surface area contributed by atoms with Gasteiger partial charge in [-0.2, -0.15) is 0 Å². The molecule has 0 bridgehead atoms. The molecule has 2 heterocycles. The maximum absolute atomic E-state index is 11.8. The van der Waals surface area contributed by atoms with E-state index in [1.807, 2.05) is 0 Å². The number of hydrogen-bond donors (Lipinski definition) is 1. The van der Waals surface area contributed by atoms with Crippen molar-refractivity contribution in [3.8, 4) is 0 Å². The first-order valence-corrected chi connectivity index (χ1v) is 7.37. The molecule has 2 rings (SSSR count). The van der Waals surface area contributed by atoms with Crippen molar-refractivity contribution in [2.75, 3.05) is 39.4 Å². The molecule has 1 N–H and O–H groups in total. The Balaban J connectivity index is 1.63. The first-order chi connectivity index (χ1) is 9.10. The minimum absolute atomic E-state index is 0.129. The van der Waals surface area contributed by atoms with Crippen LogP contribution >= 0.6 is 0 Å². The lowest BCUT2D eigenvalue weighted by molar-refractivity contribution is -0.185. The van der Waals surface area contributed by atoms with Gasteiger partial charge in [-0.05, 0) is 12.3 Å². The number of carbonyl (C=O) groups is 1. The van der Waals surface area contributed by atoms with Crippen LogP contribution in [-0.4, -0.2) is 56.0 Å². The van der Waals surface area contributed by atoms with E-state index in [9.17, 15) is 4.79 Å². The summed E-state index contributed by atoms with van der Waals surface area (Å²) < 4.78 is 11.4. The Labute approximate surface area is 115 Å². The molecule has 5 nitrogen and oxygen atoms in total. The van der Waals surface area contributed by atoms with E-state index < -0.39 is 0 Å². The highest BCUT2D eigenvalue weighted by atomic mass is 16.7. The molecule has 19 heavy (non-hydrogen) atoms. The molecule has 0 aliphatic carbocycles. The van der Waals surface area contributed by atoms with Gasteiger partial charge in [0.25, 0.3) is 0 Å². The van der Waals surface area contributed by atoms with Crippen molar-refractivity contribution in [3.63, 3.8) is 0 Å². The first-order valence-electron chi connectivity index (χ1n) is 7.37. The molecule has 0 saturated carbocycles. The number of nitrogens with zero attached hydrogens (tertiary/aromatic N) is 1. The number of carbonyl (C=O) groups excluding carboxylic acids is 1. The number of amides is 1. The summed E-state index contributed by atoms with van der Waals surface area (Å²) in [6.45, 7) is 8.75. The van der Waals surface area contributed by atoms with E-state index in [0.29, 0.717) is 25.7 Å². The van der Waals surface area contributed by atoms with Crippen molar-refractivity contribution in [1.82, 2.24) is 10.2 Å². The molecule has 110 valence electrons. The van der Waals surface area contributed by atoms with E-state index >= 15 is 0 Å². The van der Waals surface area contributed by atoms with E-state index in [4.69, 9.17) is 9.47 Å². The molecule has 0 unspecified atom stereocenters. The highest BCUT2D eigenvalue weighted by Gasteiger charge is 2.39. The summed E-state index contributed by atoms with van der Waals surface area (Å²) in [5, 5.41) is 2.98. The van der Waals surface area contributed by atoms with Crippen LogP contribution in [0.5, 0.6) is 0 Å². The minimum atomic E-state index is -0.343. The molecule has 0 atom stereocenters. The van der Waals surface area contributed by atoms with Gasteiger partial charge in [-0.1, -0.05) is 13.8 Å². The summed E-state index contributed by atoms with van der Waals surface area (Å²) in [5.41, 5.74) is 0. The minimum Gasteiger partial charge on any atom is -0.355 e. The van der Waals surface area contributed by atoms with Crippen LogP contribution in [0.1, 0.15) is 33.1 Å². The summed E-state index contributed by atoms with van der Waals surface area (Å²) in [4.78, 5) is 14.0. The summed E-state index contributed by atoms with van der Waals surface area (Å²) in [6, 6.07) is 0. The molecule has 2 aliphatic heterocycles. The Bertz CT molecular complexity index is 291. The Hall–Kier alpha value is -0.650. The quantitative estimate of drug-likeness (QED) is 0.809. The number of ether oxygens (including phenoxy) is 2. The molecule has 1 spiro atoms. The Morgan fingerprint density at radius 1 is 1.26 bits per heavy atom. The van der Waals surface area contributed by atoms with Crippen LogP contribution in [0.4, 0.5) is 0 Å². The average Bonchev–Trinajstić information content (AvgIpc) is 2.81. The van der Waals surface area contributed by atoms with E-state index in [-0.39, 0.29) is 11.7 Å². The predicted molar refractivity (Wildman–Crippen MR) is 72.8 cm³/mol. The SMILES string of the molecule is CC(C)CCNC(=O)CN1CCC2(CC1)OCCO2. The number of hydrogen-bond acceptors (Lipinski definition) is 4. The lowest BCUT2D eigenvalue weighted by Crippen LogP contribution is -2.48. The second-order valence-corrected chi connectivity index (χ2v) is 5.92. The average molecular weight is 270 g/mol. The van der Waals surface area contributed by atoms with Crippen molar-refractivity contribution in [2.24, 2.45) is 5.92 Å². The van der Waals surface area contributed by atoms with Gasteiger partial charge in [-0.25, -0.2) is 0 Å². The zero-order chi connectivity index (χ0) is 13.7. The zero-order valence-corrected chi connectivity index (χ0v) is 12.1. The van der Waals surface area contributed by atoms with E-state index in [1.54, 1.807) is 0 Å². The topological polar surface area (TPSA) is 50.8 Å². The molecular formula is C14H26N2O3. The maximum Gasteiger partial charge on any atom is 0.234 e. The lowest BCUT2D eigenvalue weighted by Gasteiger charge is -2.37. The molecule has 2 aliphatic rings. The summed E-state index contributed by atoms with van der Waals surface area (Å²) >= 11 is 0. The van der Waals surface area contributed by atoms with Crippen molar-refractivity contribution >= 4 is 5.91 Å². The normalized spacial score (nSPS) is 23.1. The lowest BCUT2D eigenvalue weighted by atomic mass is 10.0. The smallest absolute Gasteiger partial charge is 0.234 e. The van der Waals surface area contributed by atoms with Crippen LogP contribution in [0, 0.1) is 5.92 Å². The van der Waals surface area contributed by atoms with Crippen LogP contribution in [0.3, 0.4) is 0 Å². The Morgan fingerprint density at radius 2 is 1.89 bits per heavy atom. The first kappa shape index (κ1) is 14.8. The fourth-order valence-electron chi connectivity index (χ4n) is 2.60. The van der Waals surface area contributed by atoms with Crippen molar-refractivity contribution in [1.29, 1.82) is 0 Å². The van der Waals surface area contributed by atoms with E-state index in [2.05, 4.69) is 24.1 Å². The zero-order valence-electron chi connectivity index (χ0n) is 12.1. The van der Waals surface area contributed by atoms with Crippen LogP contribution < -0.4 is 5.32 Å². The van der Waals surface area contributed by atoms with E-state index in [1.165, 1.54) is 0 Å². The van der Waals surface area contributed by atoms with E-state index in [0.717, 1.165) is 38.9 Å².